The van der Waals surface area contributed by atoms with Gasteiger partial charge < -0.3 is 10.6 Å². The Bertz CT molecular complexity index is 180. The van der Waals surface area contributed by atoms with Gasteiger partial charge in [-0.25, -0.2) is 0 Å². The molecule has 0 radical (unpaired) electrons. The topological polar surface area (TPSA) is 67.2 Å². The molecule has 0 aromatic rings. The van der Waals surface area contributed by atoms with Gasteiger partial charge in [0.2, 0.25) is 0 Å². The van der Waals surface area contributed by atoms with Crippen molar-refractivity contribution in [2.24, 2.45) is 0 Å². The summed E-state index contributed by atoms with van der Waals surface area (Å²) in [6.07, 6.45) is 4.26. The molecule has 0 saturated carbocycles. The third-order valence-corrected chi connectivity index (χ3v) is 1.60. The largest absolute Gasteiger partial charge is 0.370 e. The molecule has 0 aliphatic rings. The Balaban J connectivity index is 3.66. The van der Waals surface area contributed by atoms with Crippen LogP contribution in [-0.2, 0) is 0 Å². The predicted octanol–water partition coefficient (Wildman–Crippen LogP) is 1.06. The zero-order chi connectivity index (χ0) is 10.1. The molecule has 0 heterocycles. The molecule has 0 amide bonds. The first-order valence-corrected chi connectivity index (χ1v) is 4.47. The average molecular weight is 187 g/mol. The second-order valence-electron chi connectivity index (χ2n) is 2.71. The minimum Gasteiger partial charge on any atom is -0.370 e. The number of nitrogens with zero attached hydrogens (tertiary/aromatic N) is 1. The lowest BCUT2D eigenvalue weighted by Gasteiger charge is -2.06. The highest BCUT2D eigenvalue weighted by Crippen LogP contribution is 1.92. The first kappa shape index (κ1) is 11.7. The summed E-state index contributed by atoms with van der Waals surface area (Å²) in [6.45, 7) is 2.89. The van der Waals surface area contributed by atoms with E-state index >= 15 is 0 Å². The third-order valence-electron chi connectivity index (χ3n) is 1.60. The van der Waals surface area contributed by atoms with E-state index < -0.39 is 4.92 Å². The standard InChI is InChI=1S/C8H17N3O2/c1-3-4-5-6-10-8(9-2)7-11(12)13/h7,9-10H,3-6H2,1-2H3/b8-7+. The normalized spacial score (nSPS) is 11.1. The molecule has 5 heteroatoms. The van der Waals surface area contributed by atoms with Crippen molar-refractivity contribution in [1.29, 1.82) is 0 Å². The van der Waals surface area contributed by atoms with Crippen molar-refractivity contribution in [1.82, 2.24) is 10.6 Å². The molecular weight excluding hydrogens is 170 g/mol. The summed E-state index contributed by atoms with van der Waals surface area (Å²) in [5.74, 6) is 0.459. The number of hydrogen-bond donors (Lipinski definition) is 2. The lowest BCUT2D eigenvalue weighted by atomic mass is 10.2. The van der Waals surface area contributed by atoms with Gasteiger partial charge in [0.05, 0.1) is 4.92 Å². The Morgan fingerprint density at radius 1 is 1.54 bits per heavy atom. The van der Waals surface area contributed by atoms with Crippen molar-refractivity contribution in [2.75, 3.05) is 13.6 Å². The molecular formula is C8H17N3O2. The van der Waals surface area contributed by atoms with Gasteiger partial charge in [0, 0.05) is 13.6 Å². The van der Waals surface area contributed by atoms with E-state index in [9.17, 15) is 10.1 Å². The van der Waals surface area contributed by atoms with Crippen molar-refractivity contribution in [3.63, 3.8) is 0 Å². The fourth-order valence-corrected chi connectivity index (χ4v) is 0.902. The zero-order valence-corrected chi connectivity index (χ0v) is 8.17. The molecule has 76 valence electrons. The second kappa shape index (κ2) is 7.39. The molecule has 0 aliphatic heterocycles. The number of hydrogen-bond acceptors (Lipinski definition) is 4. The number of nitro groups is 1. The molecule has 0 saturated heterocycles. The third kappa shape index (κ3) is 7.11. The van der Waals surface area contributed by atoms with E-state index in [2.05, 4.69) is 17.6 Å². The molecule has 0 atom stereocenters. The summed E-state index contributed by atoms with van der Waals surface area (Å²) in [5, 5.41) is 15.8. The minimum atomic E-state index is -0.474. The van der Waals surface area contributed by atoms with Crippen LogP contribution in [0.3, 0.4) is 0 Å². The molecule has 0 aliphatic carbocycles. The van der Waals surface area contributed by atoms with E-state index in [1.807, 2.05) is 0 Å². The first-order chi connectivity index (χ1) is 6.20. The van der Waals surface area contributed by atoms with Gasteiger partial charge in [0.25, 0.3) is 6.20 Å². The number of rotatable bonds is 7. The van der Waals surface area contributed by atoms with E-state index in [-0.39, 0.29) is 0 Å². The molecule has 0 aromatic heterocycles. The van der Waals surface area contributed by atoms with Gasteiger partial charge in [-0.3, -0.25) is 10.1 Å². The summed E-state index contributed by atoms with van der Waals surface area (Å²) in [6, 6.07) is 0. The Kier molecular flexibility index (Phi) is 6.68. The van der Waals surface area contributed by atoms with Gasteiger partial charge in [0.15, 0.2) is 5.82 Å². The highest BCUT2D eigenvalue weighted by atomic mass is 16.6. The summed E-state index contributed by atoms with van der Waals surface area (Å²) in [5.41, 5.74) is 0. The van der Waals surface area contributed by atoms with E-state index in [1.165, 1.54) is 0 Å². The smallest absolute Gasteiger partial charge is 0.274 e. The molecule has 0 fully saturated rings. The van der Waals surface area contributed by atoms with Crippen molar-refractivity contribution in [2.45, 2.75) is 26.2 Å². The van der Waals surface area contributed by atoms with Crippen LogP contribution in [0.25, 0.3) is 0 Å². The van der Waals surface area contributed by atoms with Crippen LogP contribution in [0.4, 0.5) is 0 Å². The maximum absolute atomic E-state index is 10.1. The van der Waals surface area contributed by atoms with Gasteiger partial charge in [-0.1, -0.05) is 19.8 Å². The van der Waals surface area contributed by atoms with E-state index in [0.717, 1.165) is 32.0 Å². The summed E-state index contributed by atoms with van der Waals surface area (Å²) < 4.78 is 0. The Morgan fingerprint density at radius 3 is 2.69 bits per heavy atom. The minimum absolute atomic E-state index is 0.459. The maximum atomic E-state index is 10.1. The Hall–Kier alpha value is -1.26. The van der Waals surface area contributed by atoms with Crippen molar-refractivity contribution >= 4 is 0 Å². The quantitative estimate of drug-likeness (QED) is 0.355. The van der Waals surface area contributed by atoms with Crippen molar-refractivity contribution in [3.8, 4) is 0 Å². The van der Waals surface area contributed by atoms with Crippen LogP contribution in [0, 0.1) is 10.1 Å². The molecule has 0 aromatic carbocycles. The van der Waals surface area contributed by atoms with Gasteiger partial charge >= 0.3 is 0 Å². The number of unbranched alkanes of at least 4 members (excludes halogenated alkanes) is 2. The summed E-state index contributed by atoms with van der Waals surface area (Å²) in [4.78, 5) is 9.63. The highest BCUT2D eigenvalue weighted by molar-refractivity contribution is 4.89. The van der Waals surface area contributed by atoms with Crippen LogP contribution in [0.15, 0.2) is 12.0 Å². The van der Waals surface area contributed by atoms with Crippen molar-refractivity contribution in [3.05, 3.63) is 22.1 Å². The van der Waals surface area contributed by atoms with E-state index in [0.29, 0.717) is 5.82 Å². The van der Waals surface area contributed by atoms with Crippen LogP contribution in [-0.4, -0.2) is 18.5 Å². The van der Waals surface area contributed by atoms with Crippen LogP contribution < -0.4 is 10.6 Å². The highest BCUT2D eigenvalue weighted by Gasteiger charge is 1.97. The first-order valence-electron chi connectivity index (χ1n) is 4.47. The molecule has 2 N–H and O–H groups in total. The summed E-state index contributed by atoms with van der Waals surface area (Å²) in [7, 11) is 1.65. The van der Waals surface area contributed by atoms with Gasteiger partial charge in [-0.15, -0.1) is 0 Å². The lowest BCUT2D eigenvalue weighted by molar-refractivity contribution is -0.404. The fraction of sp³-hybridized carbons (Fsp3) is 0.750. The molecule has 13 heavy (non-hydrogen) atoms. The molecule has 0 unspecified atom stereocenters. The fourth-order valence-electron chi connectivity index (χ4n) is 0.902. The van der Waals surface area contributed by atoms with Crippen LogP contribution in [0.1, 0.15) is 26.2 Å². The summed E-state index contributed by atoms with van der Waals surface area (Å²) >= 11 is 0. The van der Waals surface area contributed by atoms with Crippen LogP contribution in [0.5, 0.6) is 0 Å². The lowest BCUT2D eigenvalue weighted by Crippen LogP contribution is -2.25. The SMILES string of the molecule is CCCCCN/C(=C/[N+](=O)[O-])NC. The van der Waals surface area contributed by atoms with Crippen molar-refractivity contribution < 1.29 is 4.92 Å². The van der Waals surface area contributed by atoms with Crippen LogP contribution in [0.2, 0.25) is 0 Å². The molecule has 0 spiro atoms. The monoisotopic (exact) mass is 187 g/mol. The molecule has 0 rings (SSSR count). The van der Waals surface area contributed by atoms with Gasteiger partial charge in [0.1, 0.15) is 0 Å². The number of nitrogens with one attached hydrogen (secondary N) is 2. The zero-order valence-electron chi connectivity index (χ0n) is 8.17. The van der Waals surface area contributed by atoms with Crippen LogP contribution >= 0.6 is 0 Å². The predicted molar refractivity (Wildman–Crippen MR) is 51.7 cm³/mol. The Labute approximate surface area is 78.4 Å². The van der Waals surface area contributed by atoms with Gasteiger partial charge in [-0.05, 0) is 6.42 Å². The van der Waals surface area contributed by atoms with E-state index in [1.54, 1.807) is 7.05 Å². The Morgan fingerprint density at radius 2 is 2.23 bits per heavy atom. The maximum Gasteiger partial charge on any atom is 0.274 e. The second-order valence-corrected chi connectivity index (χ2v) is 2.71. The molecule has 0 bridgehead atoms. The average Bonchev–Trinajstić information content (AvgIpc) is 2.09. The van der Waals surface area contributed by atoms with E-state index in [4.69, 9.17) is 0 Å². The molecule has 5 nitrogen and oxygen atoms in total. The van der Waals surface area contributed by atoms with Gasteiger partial charge in [-0.2, -0.15) is 0 Å².